The minimum Gasteiger partial charge on any atom is -0.0802 e. The van der Waals surface area contributed by atoms with Gasteiger partial charge in [0.2, 0.25) is 0 Å². The number of hydrogen-bond donors (Lipinski definition) is 0. The first-order valence-corrected chi connectivity index (χ1v) is 6.65. The molecule has 0 heterocycles. The topological polar surface area (TPSA) is 0 Å². The second kappa shape index (κ2) is 2.80. The zero-order valence-electron chi connectivity index (χ0n) is 9.71. The van der Waals surface area contributed by atoms with Crippen LogP contribution in [0.25, 0.3) is 0 Å². The fraction of sp³-hybridized carbons (Fsp3) is 0.500. The summed E-state index contributed by atoms with van der Waals surface area (Å²) in [5.74, 6) is 0. The third-order valence-electron chi connectivity index (χ3n) is 5.36. The third-order valence-corrected chi connectivity index (χ3v) is 5.36. The van der Waals surface area contributed by atoms with Crippen molar-refractivity contribution in [2.24, 2.45) is 5.41 Å². The molecule has 16 heavy (non-hydrogen) atoms. The number of allylic oxidation sites excluding steroid dienone is 2. The smallest absolute Gasteiger partial charge is 0.0226 e. The maximum atomic E-state index is 2.53. The summed E-state index contributed by atoms with van der Waals surface area (Å²) in [4.78, 5) is 0. The van der Waals surface area contributed by atoms with Gasteiger partial charge < -0.3 is 0 Å². The highest BCUT2D eigenvalue weighted by atomic mass is 14.6. The Hall–Kier alpha value is -1.04. The lowest BCUT2D eigenvalue weighted by Crippen LogP contribution is -2.54. The van der Waals surface area contributed by atoms with E-state index in [2.05, 4.69) is 36.4 Å². The van der Waals surface area contributed by atoms with Crippen molar-refractivity contribution in [2.45, 2.75) is 43.9 Å². The number of hydrogen-bond acceptors (Lipinski definition) is 0. The molecule has 0 unspecified atom stereocenters. The van der Waals surface area contributed by atoms with Crippen molar-refractivity contribution in [2.75, 3.05) is 0 Å². The van der Waals surface area contributed by atoms with E-state index in [0.717, 1.165) is 0 Å². The molecule has 1 saturated carbocycles. The molecule has 0 spiro atoms. The maximum absolute atomic E-state index is 2.53. The molecule has 0 N–H and O–H groups in total. The van der Waals surface area contributed by atoms with E-state index in [1.165, 1.54) is 38.5 Å². The molecular formula is C16H18. The Bertz CT molecular complexity index is 471. The van der Waals surface area contributed by atoms with Gasteiger partial charge in [0, 0.05) is 10.8 Å². The molecule has 1 aromatic rings. The van der Waals surface area contributed by atoms with Crippen molar-refractivity contribution in [1.29, 1.82) is 0 Å². The van der Waals surface area contributed by atoms with Crippen molar-refractivity contribution >= 4 is 0 Å². The van der Waals surface area contributed by atoms with Gasteiger partial charge in [0.1, 0.15) is 0 Å². The summed E-state index contributed by atoms with van der Waals surface area (Å²) in [5, 5.41) is 0. The minimum atomic E-state index is 0.445. The number of benzene rings is 1. The highest BCUT2D eigenvalue weighted by Gasteiger charge is 2.57. The van der Waals surface area contributed by atoms with E-state index < -0.39 is 0 Å². The molecule has 82 valence electrons. The van der Waals surface area contributed by atoms with Crippen molar-refractivity contribution in [3.63, 3.8) is 0 Å². The molecule has 0 nitrogen and oxygen atoms in total. The second-order valence-electron chi connectivity index (χ2n) is 5.83. The molecule has 3 aliphatic rings. The van der Waals surface area contributed by atoms with Crippen molar-refractivity contribution in [1.82, 2.24) is 0 Å². The van der Waals surface area contributed by atoms with E-state index in [4.69, 9.17) is 0 Å². The summed E-state index contributed by atoms with van der Waals surface area (Å²) in [6.45, 7) is 0. The summed E-state index contributed by atoms with van der Waals surface area (Å²) in [7, 11) is 0. The van der Waals surface area contributed by atoms with Crippen LogP contribution in [0.2, 0.25) is 0 Å². The van der Waals surface area contributed by atoms with Gasteiger partial charge in [-0.3, -0.25) is 0 Å². The SMILES string of the molecule is C1=C[C@@]23CCCC[C@@]12CCc1ccccc13. The van der Waals surface area contributed by atoms with Crippen molar-refractivity contribution in [3.8, 4) is 0 Å². The van der Waals surface area contributed by atoms with Gasteiger partial charge in [-0.2, -0.15) is 0 Å². The van der Waals surface area contributed by atoms with Crippen LogP contribution in [0.3, 0.4) is 0 Å². The highest BCUT2D eigenvalue weighted by Crippen LogP contribution is 2.64. The summed E-state index contributed by atoms with van der Waals surface area (Å²) in [6, 6.07) is 9.16. The maximum Gasteiger partial charge on any atom is 0.0226 e. The molecule has 0 aromatic heterocycles. The molecule has 0 bridgehead atoms. The summed E-state index contributed by atoms with van der Waals surface area (Å²) >= 11 is 0. The first kappa shape index (κ1) is 9.04. The van der Waals surface area contributed by atoms with Crippen LogP contribution in [-0.2, 0) is 11.8 Å². The van der Waals surface area contributed by atoms with Crippen LogP contribution in [0.1, 0.15) is 43.2 Å². The van der Waals surface area contributed by atoms with Crippen LogP contribution < -0.4 is 0 Å². The van der Waals surface area contributed by atoms with E-state index in [1.807, 2.05) is 0 Å². The minimum absolute atomic E-state index is 0.445. The fourth-order valence-electron chi connectivity index (χ4n) is 4.46. The van der Waals surface area contributed by atoms with Gasteiger partial charge in [0.15, 0.2) is 0 Å². The largest absolute Gasteiger partial charge is 0.0802 e. The zero-order chi connectivity index (χ0) is 10.6. The highest BCUT2D eigenvalue weighted by molar-refractivity contribution is 5.51. The number of aryl methyl sites for hydroxylation is 1. The Morgan fingerprint density at radius 2 is 1.75 bits per heavy atom. The monoisotopic (exact) mass is 210 g/mol. The molecule has 3 aliphatic carbocycles. The third kappa shape index (κ3) is 0.841. The molecule has 4 rings (SSSR count). The summed E-state index contributed by atoms with van der Waals surface area (Å²) in [6.07, 6.45) is 13.4. The molecule has 0 heteroatoms. The fourth-order valence-corrected chi connectivity index (χ4v) is 4.46. The predicted molar refractivity (Wildman–Crippen MR) is 66.5 cm³/mol. The average Bonchev–Trinajstić information content (AvgIpc) is 2.31. The second-order valence-corrected chi connectivity index (χ2v) is 5.83. The standard InChI is InChI=1S/C16H18/c1-2-6-14-13(5-1)7-10-15-8-3-4-9-16(14,15)12-11-15/h1-2,5-6,11-12H,3-4,7-10H2/t15-,16-/m1/s1. The lowest BCUT2D eigenvalue weighted by Gasteiger charge is -2.60. The predicted octanol–water partition coefficient (Wildman–Crippen LogP) is 4.00. The van der Waals surface area contributed by atoms with Crippen LogP contribution in [0.5, 0.6) is 0 Å². The molecule has 0 saturated heterocycles. The van der Waals surface area contributed by atoms with Crippen LogP contribution in [0.15, 0.2) is 36.4 Å². The van der Waals surface area contributed by atoms with Crippen LogP contribution in [0.4, 0.5) is 0 Å². The normalized spacial score (nSPS) is 39.2. The Balaban J connectivity index is 1.95. The van der Waals surface area contributed by atoms with Crippen LogP contribution in [-0.4, -0.2) is 0 Å². The van der Waals surface area contributed by atoms with E-state index in [0.29, 0.717) is 10.8 Å². The van der Waals surface area contributed by atoms with Crippen LogP contribution >= 0.6 is 0 Å². The molecule has 1 fully saturated rings. The average molecular weight is 210 g/mol. The van der Waals surface area contributed by atoms with E-state index in [9.17, 15) is 0 Å². The Morgan fingerprint density at radius 1 is 0.875 bits per heavy atom. The molecular weight excluding hydrogens is 192 g/mol. The van der Waals surface area contributed by atoms with Crippen LogP contribution in [0, 0.1) is 5.41 Å². The first-order valence-electron chi connectivity index (χ1n) is 6.65. The summed E-state index contributed by atoms with van der Waals surface area (Å²) in [5.41, 5.74) is 4.27. The zero-order valence-corrected chi connectivity index (χ0v) is 9.71. The Labute approximate surface area is 97.4 Å². The molecule has 1 aromatic carbocycles. The van der Waals surface area contributed by atoms with Gasteiger partial charge in [-0.05, 0) is 36.8 Å². The quantitative estimate of drug-likeness (QED) is 0.568. The molecule has 0 radical (unpaired) electrons. The lowest BCUT2D eigenvalue weighted by atomic mass is 9.43. The van der Waals surface area contributed by atoms with Gasteiger partial charge in [-0.25, -0.2) is 0 Å². The lowest BCUT2D eigenvalue weighted by molar-refractivity contribution is 0.0906. The molecule has 2 atom stereocenters. The molecule has 0 aliphatic heterocycles. The Morgan fingerprint density at radius 3 is 2.62 bits per heavy atom. The van der Waals surface area contributed by atoms with Gasteiger partial charge in [0.25, 0.3) is 0 Å². The van der Waals surface area contributed by atoms with Gasteiger partial charge in [0.05, 0.1) is 0 Å². The van der Waals surface area contributed by atoms with E-state index in [1.54, 1.807) is 11.1 Å². The van der Waals surface area contributed by atoms with E-state index >= 15 is 0 Å². The van der Waals surface area contributed by atoms with Crippen molar-refractivity contribution < 1.29 is 0 Å². The molecule has 0 amide bonds. The van der Waals surface area contributed by atoms with Gasteiger partial charge in [-0.15, -0.1) is 0 Å². The van der Waals surface area contributed by atoms with Crippen molar-refractivity contribution in [3.05, 3.63) is 47.5 Å². The number of rotatable bonds is 0. The Kier molecular flexibility index (Phi) is 1.58. The van der Waals surface area contributed by atoms with Gasteiger partial charge in [-0.1, -0.05) is 49.3 Å². The van der Waals surface area contributed by atoms with E-state index in [-0.39, 0.29) is 0 Å². The van der Waals surface area contributed by atoms with Gasteiger partial charge >= 0.3 is 0 Å². The summed E-state index contributed by atoms with van der Waals surface area (Å²) < 4.78 is 0. The number of fused-ring (bicyclic) bond motifs is 1. The first-order chi connectivity index (χ1) is 7.86.